The summed E-state index contributed by atoms with van der Waals surface area (Å²) in [4.78, 5) is 14.0. The molecule has 3 atom stereocenters. The minimum atomic E-state index is -0.928. The lowest BCUT2D eigenvalue weighted by molar-refractivity contribution is 0.0962. The molecule has 2 saturated heterocycles. The molecule has 2 amide bonds. The van der Waals surface area contributed by atoms with Gasteiger partial charge in [-0.1, -0.05) is 6.07 Å². The van der Waals surface area contributed by atoms with Crippen molar-refractivity contribution in [1.82, 2.24) is 10.2 Å². The molecule has 126 valence electrons. The Bertz CT molecular complexity index is 584. The van der Waals surface area contributed by atoms with Gasteiger partial charge in [0.05, 0.1) is 18.7 Å². The summed E-state index contributed by atoms with van der Waals surface area (Å²) in [6.45, 7) is 1.000. The van der Waals surface area contributed by atoms with Crippen molar-refractivity contribution in [3.8, 4) is 0 Å². The van der Waals surface area contributed by atoms with E-state index in [1.165, 1.54) is 6.07 Å². The maximum atomic E-state index is 13.4. The Balaban J connectivity index is 1.69. The van der Waals surface area contributed by atoms with E-state index in [1.54, 1.807) is 4.90 Å². The molecule has 0 aromatic heterocycles. The fraction of sp³-hybridized carbons (Fsp3) is 0.562. The normalized spacial score (nSPS) is 27.4. The molecule has 5 nitrogen and oxygen atoms in total. The number of hydrogen-bond donors (Lipinski definition) is 2. The lowest BCUT2D eigenvalue weighted by Crippen LogP contribution is -2.48. The summed E-state index contributed by atoms with van der Waals surface area (Å²) in [6.07, 6.45) is 1.76. The first-order valence-electron chi connectivity index (χ1n) is 7.84. The second-order valence-corrected chi connectivity index (χ2v) is 5.98. The lowest BCUT2D eigenvalue weighted by atomic mass is 10.0. The molecular weight excluding hydrogens is 306 g/mol. The van der Waals surface area contributed by atoms with Crippen molar-refractivity contribution in [1.29, 1.82) is 0 Å². The number of rotatable bonds is 3. The van der Waals surface area contributed by atoms with Crippen molar-refractivity contribution in [2.45, 2.75) is 37.5 Å². The molecule has 3 rings (SSSR count). The Morgan fingerprint density at radius 3 is 2.91 bits per heavy atom. The number of aliphatic hydroxyl groups excluding tert-OH is 1. The Morgan fingerprint density at radius 1 is 1.35 bits per heavy atom. The van der Waals surface area contributed by atoms with Crippen LogP contribution in [0.2, 0.25) is 0 Å². The van der Waals surface area contributed by atoms with E-state index >= 15 is 0 Å². The third kappa shape index (κ3) is 3.30. The highest BCUT2D eigenvalue weighted by Gasteiger charge is 2.35. The average molecular weight is 326 g/mol. The monoisotopic (exact) mass is 326 g/mol. The van der Waals surface area contributed by atoms with Gasteiger partial charge < -0.3 is 20.1 Å². The fourth-order valence-electron chi connectivity index (χ4n) is 3.29. The van der Waals surface area contributed by atoms with Gasteiger partial charge in [0.1, 0.15) is 6.10 Å². The van der Waals surface area contributed by atoms with E-state index in [9.17, 15) is 18.7 Å². The van der Waals surface area contributed by atoms with E-state index in [2.05, 4.69) is 5.32 Å². The minimum Gasteiger partial charge on any atom is -0.394 e. The summed E-state index contributed by atoms with van der Waals surface area (Å²) in [7, 11) is 0. The number of benzene rings is 1. The van der Waals surface area contributed by atoms with Crippen LogP contribution in [0.1, 0.15) is 30.9 Å². The maximum absolute atomic E-state index is 13.4. The van der Waals surface area contributed by atoms with Crippen LogP contribution in [-0.2, 0) is 4.74 Å². The number of carbonyl (C=O) groups excluding carboxylic acids is 1. The van der Waals surface area contributed by atoms with Crippen molar-refractivity contribution >= 4 is 6.03 Å². The van der Waals surface area contributed by atoms with E-state index in [0.29, 0.717) is 25.1 Å². The Labute approximate surface area is 133 Å². The predicted octanol–water partition coefficient (Wildman–Crippen LogP) is 1.96. The number of amides is 2. The van der Waals surface area contributed by atoms with Gasteiger partial charge in [-0.25, -0.2) is 13.6 Å². The predicted molar refractivity (Wildman–Crippen MR) is 78.8 cm³/mol. The molecule has 3 unspecified atom stereocenters. The quantitative estimate of drug-likeness (QED) is 0.893. The topological polar surface area (TPSA) is 61.8 Å². The molecular formula is C16H20F2N2O3. The highest BCUT2D eigenvalue weighted by molar-refractivity contribution is 5.75. The zero-order chi connectivity index (χ0) is 16.4. The van der Waals surface area contributed by atoms with Crippen molar-refractivity contribution in [2.75, 3.05) is 19.8 Å². The number of urea groups is 1. The van der Waals surface area contributed by atoms with E-state index in [-0.39, 0.29) is 24.7 Å². The molecule has 1 aromatic rings. The zero-order valence-corrected chi connectivity index (χ0v) is 12.7. The van der Waals surface area contributed by atoms with Gasteiger partial charge in [-0.05, 0) is 37.0 Å². The summed E-state index contributed by atoms with van der Waals surface area (Å²) in [5.41, 5.74) is 0.506. The van der Waals surface area contributed by atoms with Crippen LogP contribution in [0.25, 0.3) is 0 Å². The van der Waals surface area contributed by atoms with E-state index < -0.39 is 17.7 Å². The van der Waals surface area contributed by atoms with Crippen LogP contribution in [0.4, 0.5) is 13.6 Å². The summed E-state index contributed by atoms with van der Waals surface area (Å²) in [6, 6.07) is 2.94. The van der Waals surface area contributed by atoms with Gasteiger partial charge in [0.2, 0.25) is 0 Å². The van der Waals surface area contributed by atoms with Gasteiger partial charge in [-0.15, -0.1) is 0 Å². The van der Waals surface area contributed by atoms with E-state index in [1.807, 2.05) is 0 Å². The standard InChI is InChI=1S/C16H20F2N2O3/c17-12-4-3-10(8-13(12)18)15-14(5-7-23-15)19-16(22)20-6-1-2-11(20)9-21/h3-4,8,11,14-15,21H,1-2,5-7,9H2,(H,19,22). The third-order valence-corrected chi connectivity index (χ3v) is 4.52. The first-order valence-corrected chi connectivity index (χ1v) is 7.84. The van der Waals surface area contributed by atoms with E-state index in [0.717, 1.165) is 25.0 Å². The zero-order valence-electron chi connectivity index (χ0n) is 12.7. The van der Waals surface area contributed by atoms with Crippen molar-refractivity contribution in [2.24, 2.45) is 0 Å². The van der Waals surface area contributed by atoms with E-state index in [4.69, 9.17) is 4.74 Å². The number of carbonyl (C=O) groups is 1. The lowest BCUT2D eigenvalue weighted by Gasteiger charge is -2.27. The molecule has 2 N–H and O–H groups in total. The van der Waals surface area contributed by atoms with Crippen LogP contribution in [0, 0.1) is 11.6 Å². The smallest absolute Gasteiger partial charge is 0.318 e. The molecule has 23 heavy (non-hydrogen) atoms. The second-order valence-electron chi connectivity index (χ2n) is 5.98. The number of halogens is 2. The Morgan fingerprint density at radius 2 is 2.17 bits per heavy atom. The molecule has 0 bridgehead atoms. The highest BCUT2D eigenvalue weighted by Crippen LogP contribution is 2.30. The van der Waals surface area contributed by atoms with Gasteiger partial charge in [0.15, 0.2) is 11.6 Å². The van der Waals surface area contributed by atoms with Crippen LogP contribution >= 0.6 is 0 Å². The number of hydrogen-bond acceptors (Lipinski definition) is 3. The molecule has 2 heterocycles. The third-order valence-electron chi connectivity index (χ3n) is 4.52. The van der Waals surface area contributed by atoms with Gasteiger partial charge in [-0.3, -0.25) is 0 Å². The van der Waals surface area contributed by atoms with Gasteiger partial charge in [0, 0.05) is 13.2 Å². The molecule has 2 aliphatic rings. The van der Waals surface area contributed by atoms with Gasteiger partial charge in [-0.2, -0.15) is 0 Å². The Hall–Kier alpha value is -1.73. The summed E-state index contributed by atoms with van der Waals surface area (Å²) >= 11 is 0. The van der Waals surface area contributed by atoms with Crippen LogP contribution in [0.5, 0.6) is 0 Å². The molecule has 0 radical (unpaired) electrons. The van der Waals surface area contributed by atoms with Crippen LogP contribution in [0.3, 0.4) is 0 Å². The highest BCUT2D eigenvalue weighted by atomic mass is 19.2. The van der Waals surface area contributed by atoms with Crippen LogP contribution in [-0.4, -0.2) is 47.9 Å². The van der Waals surface area contributed by atoms with Crippen molar-refractivity contribution in [3.63, 3.8) is 0 Å². The fourth-order valence-corrected chi connectivity index (χ4v) is 3.29. The number of likely N-dealkylation sites (tertiary alicyclic amines) is 1. The average Bonchev–Trinajstić information content (AvgIpc) is 3.18. The SMILES string of the molecule is O=C(NC1CCOC1c1ccc(F)c(F)c1)N1CCCC1CO. The largest absolute Gasteiger partial charge is 0.394 e. The summed E-state index contributed by atoms with van der Waals surface area (Å²) in [5.74, 6) is -1.84. The molecule has 2 aliphatic heterocycles. The van der Waals surface area contributed by atoms with Crippen molar-refractivity contribution in [3.05, 3.63) is 35.4 Å². The number of aliphatic hydroxyl groups is 1. The molecule has 0 aliphatic carbocycles. The number of ether oxygens (including phenoxy) is 1. The van der Waals surface area contributed by atoms with Crippen LogP contribution < -0.4 is 5.32 Å². The molecule has 2 fully saturated rings. The second kappa shape index (κ2) is 6.80. The van der Waals surface area contributed by atoms with Gasteiger partial charge in [0.25, 0.3) is 0 Å². The number of nitrogens with one attached hydrogen (secondary N) is 1. The van der Waals surface area contributed by atoms with Crippen LogP contribution in [0.15, 0.2) is 18.2 Å². The molecule has 7 heteroatoms. The summed E-state index contributed by atoms with van der Waals surface area (Å²) < 4.78 is 32.1. The van der Waals surface area contributed by atoms with Gasteiger partial charge >= 0.3 is 6.03 Å². The first-order chi connectivity index (χ1) is 11.1. The first kappa shape index (κ1) is 16.1. The van der Waals surface area contributed by atoms with Crippen molar-refractivity contribution < 1.29 is 23.4 Å². The maximum Gasteiger partial charge on any atom is 0.318 e. The Kier molecular flexibility index (Phi) is 4.77. The molecule has 1 aromatic carbocycles. The summed E-state index contributed by atoms with van der Waals surface area (Å²) in [5, 5.41) is 12.2. The number of nitrogens with zero attached hydrogens (tertiary/aromatic N) is 1. The molecule has 0 spiro atoms. The minimum absolute atomic E-state index is 0.0544. The molecule has 0 saturated carbocycles.